The van der Waals surface area contributed by atoms with E-state index in [1.54, 1.807) is 4.88 Å². The van der Waals surface area contributed by atoms with Gasteiger partial charge in [0.15, 0.2) is 0 Å². The molecule has 96 valence electrons. The van der Waals surface area contributed by atoms with Gasteiger partial charge in [0.05, 0.1) is 0 Å². The van der Waals surface area contributed by atoms with Gasteiger partial charge in [-0.15, -0.1) is 11.3 Å². The fourth-order valence-corrected chi connectivity index (χ4v) is 3.66. The molecule has 1 N–H and O–H groups in total. The molecule has 17 heavy (non-hydrogen) atoms. The predicted octanol–water partition coefficient (Wildman–Crippen LogP) is 3.05. The summed E-state index contributed by atoms with van der Waals surface area (Å²) in [5, 5.41) is 5.68. The average molecular weight is 252 g/mol. The Morgan fingerprint density at radius 2 is 2.06 bits per heavy atom. The normalized spacial score (nSPS) is 19.8. The summed E-state index contributed by atoms with van der Waals surface area (Å²) in [5.74, 6) is 0.761. The van der Waals surface area contributed by atoms with Crippen molar-refractivity contribution in [2.75, 3.05) is 26.2 Å². The molecular weight excluding hydrogens is 228 g/mol. The van der Waals surface area contributed by atoms with Crippen molar-refractivity contribution in [2.24, 2.45) is 5.92 Å². The smallest absolute Gasteiger partial charge is 0.0447 e. The number of hydrogen-bond acceptors (Lipinski definition) is 3. The van der Waals surface area contributed by atoms with Gasteiger partial charge < -0.3 is 5.32 Å². The van der Waals surface area contributed by atoms with Gasteiger partial charge in [-0.2, -0.15) is 0 Å². The molecule has 2 nitrogen and oxygen atoms in total. The van der Waals surface area contributed by atoms with Crippen molar-refractivity contribution in [2.45, 2.75) is 33.2 Å². The van der Waals surface area contributed by atoms with E-state index in [-0.39, 0.29) is 0 Å². The van der Waals surface area contributed by atoms with Crippen LogP contribution in [0, 0.1) is 12.8 Å². The molecule has 2 rings (SSSR count). The molecule has 0 saturated carbocycles. The number of aryl methyl sites for hydroxylation is 1. The van der Waals surface area contributed by atoms with Crippen LogP contribution in [0.5, 0.6) is 0 Å². The Bertz CT molecular complexity index is 340. The van der Waals surface area contributed by atoms with Gasteiger partial charge in [0, 0.05) is 37.1 Å². The van der Waals surface area contributed by atoms with E-state index in [1.807, 2.05) is 11.3 Å². The third kappa shape index (κ3) is 3.30. The molecule has 0 bridgehead atoms. The van der Waals surface area contributed by atoms with Crippen molar-refractivity contribution in [3.63, 3.8) is 0 Å². The van der Waals surface area contributed by atoms with Crippen LogP contribution in [0.3, 0.4) is 0 Å². The molecule has 1 atom stereocenters. The van der Waals surface area contributed by atoms with Gasteiger partial charge in [-0.1, -0.05) is 13.8 Å². The number of nitrogens with one attached hydrogen (secondary N) is 1. The summed E-state index contributed by atoms with van der Waals surface area (Å²) in [6.45, 7) is 11.6. The van der Waals surface area contributed by atoms with Gasteiger partial charge in [-0.05, 0) is 36.3 Å². The van der Waals surface area contributed by atoms with E-state index in [4.69, 9.17) is 0 Å². The first kappa shape index (κ1) is 13.1. The number of hydrogen-bond donors (Lipinski definition) is 1. The Morgan fingerprint density at radius 3 is 2.59 bits per heavy atom. The summed E-state index contributed by atoms with van der Waals surface area (Å²) in [5.41, 5.74) is 1.47. The van der Waals surface area contributed by atoms with Crippen molar-refractivity contribution < 1.29 is 0 Å². The zero-order valence-corrected chi connectivity index (χ0v) is 12.0. The van der Waals surface area contributed by atoms with Crippen LogP contribution in [0.15, 0.2) is 11.4 Å². The maximum absolute atomic E-state index is 3.44. The molecule has 1 aromatic heterocycles. The predicted molar refractivity (Wildman–Crippen MR) is 75.7 cm³/mol. The highest BCUT2D eigenvalue weighted by atomic mass is 32.1. The first-order valence-corrected chi connectivity index (χ1v) is 7.55. The van der Waals surface area contributed by atoms with Crippen molar-refractivity contribution in [3.05, 3.63) is 21.9 Å². The largest absolute Gasteiger partial charge is 0.314 e. The van der Waals surface area contributed by atoms with E-state index in [1.165, 1.54) is 25.1 Å². The molecule has 1 saturated heterocycles. The second-order valence-electron chi connectivity index (χ2n) is 5.40. The van der Waals surface area contributed by atoms with Gasteiger partial charge in [-0.25, -0.2) is 0 Å². The first-order valence-electron chi connectivity index (χ1n) is 6.67. The fraction of sp³-hybridized carbons (Fsp3) is 0.714. The minimum atomic E-state index is 0.636. The Balaban J connectivity index is 2.15. The van der Waals surface area contributed by atoms with Crippen molar-refractivity contribution in [1.29, 1.82) is 0 Å². The molecule has 0 aromatic carbocycles. The molecule has 0 aliphatic carbocycles. The van der Waals surface area contributed by atoms with E-state index in [9.17, 15) is 0 Å². The highest BCUT2D eigenvalue weighted by Gasteiger charge is 2.24. The van der Waals surface area contributed by atoms with E-state index in [0.717, 1.165) is 19.0 Å². The van der Waals surface area contributed by atoms with Gasteiger partial charge in [-0.3, -0.25) is 4.90 Å². The number of piperazine rings is 1. The van der Waals surface area contributed by atoms with Gasteiger partial charge in [0.1, 0.15) is 0 Å². The highest BCUT2D eigenvalue weighted by Crippen LogP contribution is 2.33. The topological polar surface area (TPSA) is 15.3 Å². The molecule has 1 aliphatic heterocycles. The Hall–Kier alpha value is -0.380. The van der Waals surface area contributed by atoms with E-state index < -0.39 is 0 Å². The van der Waals surface area contributed by atoms with Gasteiger partial charge in [0.2, 0.25) is 0 Å². The maximum atomic E-state index is 3.44. The minimum Gasteiger partial charge on any atom is -0.314 e. The summed E-state index contributed by atoms with van der Waals surface area (Å²) in [6, 6.07) is 2.90. The number of rotatable bonds is 4. The Morgan fingerprint density at radius 1 is 1.35 bits per heavy atom. The summed E-state index contributed by atoms with van der Waals surface area (Å²) >= 11 is 1.93. The fourth-order valence-electron chi connectivity index (χ4n) is 2.59. The molecule has 3 heteroatoms. The highest BCUT2D eigenvalue weighted by molar-refractivity contribution is 7.10. The number of thiophene rings is 1. The summed E-state index contributed by atoms with van der Waals surface area (Å²) < 4.78 is 0. The molecule has 2 heterocycles. The molecular formula is C14H24N2S. The molecule has 0 unspecified atom stereocenters. The zero-order chi connectivity index (χ0) is 12.3. The minimum absolute atomic E-state index is 0.636. The lowest BCUT2D eigenvalue weighted by molar-refractivity contribution is 0.156. The van der Waals surface area contributed by atoms with E-state index in [2.05, 4.69) is 42.4 Å². The van der Waals surface area contributed by atoms with Crippen LogP contribution in [-0.2, 0) is 0 Å². The molecule has 1 fully saturated rings. The lowest BCUT2D eigenvalue weighted by Crippen LogP contribution is -2.45. The third-order valence-corrected chi connectivity index (χ3v) is 4.61. The van der Waals surface area contributed by atoms with E-state index in [0.29, 0.717) is 6.04 Å². The molecule has 0 radical (unpaired) electrons. The first-order chi connectivity index (χ1) is 8.18. The average Bonchev–Trinajstić information content (AvgIpc) is 2.73. The quantitative estimate of drug-likeness (QED) is 0.886. The SMILES string of the molecule is Cc1ccsc1[C@H](CC(C)C)N1CCNCC1. The summed E-state index contributed by atoms with van der Waals surface area (Å²) in [4.78, 5) is 4.25. The molecule has 1 aliphatic rings. The second-order valence-corrected chi connectivity index (χ2v) is 6.35. The Labute approximate surface area is 109 Å². The summed E-state index contributed by atoms with van der Waals surface area (Å²) in [6.07, 6.45) is 1.28. The summed E-state index contributed by atoms with van der Waals surface area (Å²) in [7, 11) is 0. The standard InChI is InChI=1S/C14H24N2S/c1-11(2)10-13(14-12(3)4-9-17-14)16-7-5-15-6-8-16/h4,9,11,13,15H,5-8,10H2,1-3H3/t13-/m0/s1. The van der Waals surface area contributed by atoms with Gasteiger partial charge >= 0.3 is 0 Å². The zero-order valence-electron chi connectivity index (χ0n) is 11.2. The van der Waals surface area contributed by atoms with Crippen LogP contribution in [0.25, 0.3) is 0 Å². The monoisotopic (exact) mass is 252 g/mol. The van der Waals surface area contributed by atoms with Crippen LogP contribution < -0.4 is 5.32 Å². The van der Waals surface area contributed by atoms with Crippen LogP contribution in [0.4, 0.5) is 0 Å². The van der Waals surface area contributed by atoms with Crippen LogP contribution in [0.1, 0.15) is 36.8 Å². The second kappa shape index (κ2) is 5.98. The van der Waals surface area contributed by atoms with Crippen LogP contribution in [-0.4, -0.2) is 31.1 Å². The molecule has 1 aromatic rings. The van der Waals surface area contributed by atoms with Crippen molar-refractivity contribution in [1.82, 2.24) is 10.2 Å². The molecule has 0 spiro atoms. The Kier molecular flexibility index (Phi) is 4.60. The van der Waals surface area contributed by atoms with Crippen molar-refractivity contribution >= 4 is 11.3 Å². The number of nitrogens with zero attached hydrogens (tertiary/aromatic N) is 1. The van der Waals surface area contributed by atoms with Crippen LogP contribution in [0.2, 0.25) is 0 Å². The lowest BCUT2D eigenvalue weighted by Gasteiger charge is -2.35. The van der Waals surface area contributed by atoms with Gasteiger partial charge in [0.25, 0.3) is 0 Å². The van der Waals surface area contributed by atoms with E-state index >= 15 is 0 Å². The molecule has 0 amide bonds. The third-order valence-electron chi connectivity index (χ3n) is 3.49. The maximum Gasteiger partial charge on any atom is 0.0447 e. The lowest BCUT2D eigenvalue weighted by atomic mass is 9.98. The van der Waals surface area contributed by atoms with Crippen LogP contribution >= 0.6 is 11.3 Å². The van der Waals surface area contributed by atoms with Crippen molar-refractivity contribution in [3.8, 4) is 0 Å².